The normalized spacial score (nSPS) is 40.5. The van der Waals surface area contributed by atoms with E-state index in [1.54, 1.807) is 6.92 Å². The first-order valence-corrected chi connectivity index (χ1v) is 5.80. The number of carbonyl (C=O) groups is 1. The molecule has 0 aliphatic heterocycles. The third-order valence-corrected chi connectivity index (χ3v) is 3.95. The summed E-state index contributed by atoms with van der Waals surface area (Å²) >= 11 is 0. The average Bonchev–Trinajstić information content (AvgIpc) is 2.77. The van der Waals surface area contributed by atoms with Crippen molar-refractivity contribution in [3.05, 3.63) is 0 Å². The minimum Gasteiger partial charge on any atom is -0.394 e. The Morgan fingerprint density at radius 1 is 1.53 bits per heavy atom. The van der Waals surface area contributed by atoms with Gasteiger partial charge in [-0.05, 0) is 38.0 Å². The molecule has 4 nitrogen and oxygen atoms in total. The summed E-state index contributed by atoms with van der Waals surface area (Å²) in [5.74, 6) is 1.06. The third-order valence-electron chi connectivity index (χ3n) is 3.95. The molecule has 1 amide bonds. The van der Waals surface area contributed by atoms with Crippen molar-refractivity contribution >= 4 is 5.91 Å². The van der Waals surface area contributed by atoms with E-state index in [2.05, 4.69) is 5.32 Å². The molecule has 0 aromatic heterocycles. The van der Waals surface area contributed by atoms with Gasteiger partial charge >= 0.3 is 0 Å². The zero-order valence-corrected chi connectivity index (χ0v) is 9.15. The first-order valence-electron chi connectivity index (χ1n) is 5.80. The van der Waals surface area contributed by atoms with Crippen molar-refractivity contribution in [1.29, 1.82) is 0 Å². The molecule has 2 rings (SSSR count). The zero-order chi connectivity index (χ0) is 11.0. The monoisotopic (exact) mass is 212 g/mol. The lowest BCUT2D eigenvalue weighted by Crippen LogP contribution is -2.48. The maximum atomic E-state index is 11.9. The van der Waals surface area contributed by atoms with Crippen molar-refractivity contribution < 1.29 is 9.90 Å². The summed E-state index contributed by atoms with van der Waals surface area (Å²) in [7, 11) is 0. The zero-order valence-electron chi connectivity index (χ0n) is 9.15. The predicted octanol–water partition coefficient (Wildman–Crippen LogP) is -0.143. The van der Waals surface area contributed by atoms with Crippen LogP contribution < -0.4 is 11.1 Å². The number of aliphatic hydroxyl groups is 1. The van der Waals surface area contributed by atoms with Crippen LogP contribution in [-0.4, -0.2) is 29.7 Å². The molecule has 0 spiro atoms. The number of amides is 1. The highest BCUT2D eigenvalue weighted by Gasteiger charge is 2.49. The van der Waals surface area contributed by atoms with E-state index in [9.17, 15) is 4.79 Å². The lowest BCUT2D eigenvalue weighted by Gasteiger charge is -2.28. The van der Waals surface area contributed by atoms with E-state index in [-0.39, 0.29) is 30.5 Å². The standard InChI is InChI=1S/C11H20N2O2/c1-6(5-14)13-11(15)9-7-2-3-8(4-7)10(9)12/h6-10,14H,2-5,12H2,1H3,(H,13,15)/t6-,7?,8?,9?,10?/m0/s1. The van der Waals surface area contributed by atoms with Crippen LogP contribution in [0.4, 0.5) is 0 Å². The van der Waals surface area contributed by atoms with Crippen LogP contribution in [0.15, 0.2) is 0 Å². The Balaban J connectivity index is 1.96. The fraction of sp³-hybridized carbons (Fsp3) is 0.909. The second-order valence-corrected chi connectivity index (χ2v) is 5.03. The molecule has 86 valence electrons. The maximum Gasteiger partial charge on any atom is 0.225 e. The maximum absolute atomic E-state index is 11.9. The van der Waals surface area contributed by atoms with Crippen molar-refractivity contribution in [2.45, 2.75) is 38.3 Å². The van der Waals surface area contributed by atoms with Gasteiger partial charge in [-0.15, -0.1) is 0 Å². The van der Waals surface area contributed by atoms with Gasteiger partial charge in [0.25, 0.3) is 0 Å². The molecule has 4 heteroatoms. The molecule has 15 heavy (non-hydrogen) atoms. The van der Waals surface area contributed by atoms with Crippen LogP contribution in [0.3, 0.4) is 0 Å². The lowest BCUT2D eigenvalue weighted by molar-refractivity contribution is -0.127. The average molecular weight is 212 g/mol. The molecule has 2 aliphatic carbocycles. The Hall–Kier alpha value is -0.610. The quantitative estimate of drug-likeness (QED) is 0.609. The van der Waals surface area contributed by atoms with Crippen LogP contribution in [0.5, 0.6) is 0 Å². The second-order valence-electron chi connectivity index (χ2n) is 5.03. The van der Waals surface area contributed by atoms with Gasteiger partial charge in [0, 0.05) is 12.1 Å². The summed E-state index contributed by atoms with van der Waals surface area (Å²) in [6.45, 7) is 1.79. The number of aliphatic hydroxyl groups excluding tert-OH is 1. The highest BCUT2D eigenvalue weighted by Crippen LogP contribution is 2.47. The van der Waals surface area contributed by atoms with Crippen molar-refractivity contribution in [3.63, 3.8) is 0 Å². The first-order chi connectivity index (χ1) is 7.13. The molecular weight excluding hydrogens is 192 g/mol. The van der Waals surface area contributed by atoms with Crippen LogP contribution in [0, 0.1) is 17.8 Å². The van der Waals surface area contributed by atoms with E-state index >= 15 is 0 Å². The molecule has 0 heterocycles. The number of fused-ring (bicyclic) bond motifs is 2. The van der Waals surface area contributed by atoms with Crippen LogP contribution in [-0.2, 0) is 4.79 Å². The van der Waals surface area contributed by atoms with E-state index in [0.29, 0.717) is 11.8 Å². The van der Waals surface area contributed by atoms with E-state index in [0.717, 1.165) is 12.8 Å². The van der Waals surface area contributed by atoms with Crippen LogP contribution in [0.1, 0.15) is 26.2 Å². The van der Waals surface area contributed by atoms with Crippen LogP contribution in [0.2, 0.25) is 0 Å². The van der Waals surface area contributed by atoms with Gasteiger partial charge < -0.3 is 16.2 Å². The summed E-state index contributed by atoms with van der Waals surface area (Å²) in [5, 5.41) is 11.7. The van der Waals surface area contributed by atoms with Gasteiger partial charge in [-0.25, -0.2) is 0 Å². The van der Waals surface area contributed by atoms with Gasteiger partial charge in [0.1, 0.15) is 0 Å². The number of hydrogen-bond acceptors (Lipinski definition) is 3. The van der Waals surface area contributed by atoms with Gasteiger partial charge in [0.15, 0.2) is 0 Å². The van der Waals surface area contributed by atoms with Gasteiger partial charge in [-0.1, -0.05) is 0 Å². The van der Waals surface area contributed by atoms with Crippen LogP contribution >= 0.6 is 0 Å². The Kier molecular flexibility index (Phi) is 2.98. The van der Waals surface area contributed by atoms with Crippen molar-refractivity contribution in [1.82, 2.24) is 5.32 Å². The molecule has 0 aromatic rings. The third kappa shape index (κ3) is 1.88. The van der Waals surface area contributed by atoms with E-state index < -0.39 is 0 Å². The Bertz CT molecular complexity index is 255. The van der Waals surface area contributed by atoms with Crippen molar-refractivity contribution in [3.8, 4) is 0 Å². The fourth-order valence-corrected chi connectivity index (χ4v) is 3.11. The topological polar surface area (TPSA) is 75.3 Å². The number of hydrogen-bond donors (Lipinski definition) is 3. The lowest BCUT2D eigenvalue weighted by atomic mass is 9.84. The molecule has 4 unspecified atom stereocenters. The molecule has 0 aromatic carbocycles. The molecule has 5 atom stereocenters. The molecular formula is C11H20N2O2. The molecule has 0 saturated heterocycles. The summed E-state index contributed by atoms with van der Waals surface area (Å²) in [6, 6.07) is -0.126. The number of carbonyl (C=O) groups excluding carboxylic acids is 1. The highest BCUT2D eigenvalue weighted by atomic mass is 16.3. The summed E-state index contributed by atoms with van der Waals surface area (Å²) in [4.78, 5) is 11.9. The van der Waals surface area contributed by atoms with Crippen molar-refractivity contribution in [2.24, 2.45) is 23.5 Å². The van der Waals surface area contributed by atoms with E-state index in [1.165, 1.54) is 6.42 Å². The fourth-order valence-electron chi connectivity index (χ4n) is 3.11. The van der Waals surface area contributed by atoms with E-state index in [4.69, 9.17) is 10.8 Å². The smallest absolute Gasteiger partial charge is 0.225 e. The predicted molar refractivity (Wildman–Crippen MR) is 57.0 cm³/mol. The first kappa shape index (κ1) is 10.9. The molecule has 2 aliphatic rings. The summed E-state index contributed by atoms with van der Waals surface area (Å²) in [5.41, 5.74) is 6.06. The largest absolute Gasteiger partial charge is 0.394 e. The summed E-state index contributed by atoms with van der Waals surface area (Å²) < 4.78 is 0. The molecule has 2 fully saturated rings. The highest BCUT2D eigenvalue weighted by molar-refractivity contribution is 5.80. The van der Waals surface area contributed by atoms with Gasteiger partial charge in [-0.3, -0.25) is 4.79 Å². The molecule has 2 bridgehead atoms. The number of rotatable bonds is 3. The summed E-state index contributed by atoms with van der Waals surface area (Å²) in [6.07, 6.45) is 3.45. The molecule has 0 radical (unpaired) electrons. The van der Waals surface area contributed by atoms with Gasteiger partial charge in [0.05, 0.1) is 12.5 Å². The Morgan fingerprint density at radius 2 is 2.20 bits per heavy atom. The number of nitrogens with one attached hydrogen (secondary N) is 1. The minimum absolute atomic E-state index is 0.0121. The van der Waals surface area contributed by atoms with Crippen molar-refractivity contribution in [2.75, 3.05) is 6.61 Å². The van der Waals surface area contributed by atoms with Gasteiger partial charge in [0.2, 0.25) is 5.91 Å². The Labute approximate surface area is 90.2 Å². The van der Waals surface area contributed by atoms with Crippen LogP contribution in [0.25, 0.3) is 0 Å². The van der Waals surface area contributed by atoms with E-state index in [1.807, 2.05) is 0 Å². The Morgan fingerprint density at radius 3 is 2.73 bits per heavy atom. The second kappa shape index (κ2) is 4.10. The van der Waals surface area contributed by atoms with Gasteiger partial charge in [-0.2, -0.15) is 0 Å². The number of nitrogens with two attached hydrogens (primary N) is 1. The SMILES string of the molecule is C[C@@H](CO)NC(=O)C1C2CCC(C2)C1N. The molecule has 2 saturated carbocycles. The minimum atomic E-state index is -0.163. The molecule has 4 N–H and O–H groups in total.